The van der Waals surface area contributed by atoms with Gasteiger partial charge in [-0.3, -0.25) is 4.79 Å². The van der Waals surface area contributed by atoms with Crippen molar-refractivity contribution in [3.8, 4) is 0 Å². The summed E-state index contributed by atoms with van der Waals surface area (Å²) in [6.45, 7) is 1.76. The zero-order valence-corrected chi connectivity index (χ0v) is 5.81. The number of hydrogen-bond acceptors (Lipinski definition) is 3. The summed E-state index contributed by atoms with van der Waals surface area (Å²) in [6.07, 6.45) is 2.11. The third kappa shape index (κ3) is 1.00. The highest BCUT2D eigenvalue weighted by Gasteiger charge is 2.03. The van der Waals surface area contributed by atoms with Crippen LogP contribution in [0.15, 0.2) is 15.6 Å². The maximum atomic E-state index is 10.1. The van der Waals surface area contributed by atoms with Crippen molar-refractivity contribution >= 4 is 18.9 Å². The quantitative estimate of drug-likeness (QED) is 0.477. The minimum atomic E-state index is 0.510. The Bertz CT molecular complexity index is 227. The number of hydrogen-bond donors (Lipinski definition) is 1. The SMILES string of the molecule is Cc1occ(C=O)c1S. The molecular formula is C6H6O2S. The second-order valence-corrected chi connectivity index (χ2v) is 2.16. The molecule has 0 spiro atoms. The summed E-state index contributed by atoms with van der Waals surface area (Å²) < 4.78 is 4.88. The van der Waals surface area contributed by atoms with Crippen LogP contribution in [0, 0.1) is 6.92 Å². The predicted octanol–water partition coefficient (Wildman–Crippen LogP) is 1.69. The molecule has 0 saturated carbocycles. The van der Waals surface area contributed by atoms with E-state index >= 15 is 0 Å². The molecule has 0 N–H and O–H groups in total. The maximum Gasteiger partial charge on any atom is 0.154 e. The monoisotopic (exact) mass is 142 g/mol. The van der Waals surface area contributed by atoms with E-state index in [1.54, 1.807) is 6.92 Å². The highest BCUT2D eigenvalue weighted by molar-refractivity contribution is 7.80. The Morgan fingerprint density at radius 1 is 1.78 bits per heavy atom. The molecule has 0 saturated heterocycles. The second-order valence-electron chi connectivity index (χ2n) is 1.71. The van der Waals surface area contributed by atoms with Crippen LogP contribution in [0.4, 0.5) is 0 Å². The molecule has 0 radical (unpaired) electrons. The minimum absolute atomic E-state index is 0.510. The van der Waals surface area contributed by atoms with Gasteiger partial charge in [-0.15, -0.1) is 12.6 Å². The van der Waals surface area contributed by atoms with Gasteiger partial charge >= 0.3 is 0 Å². The Labute approximate surface area is 58.3 Å². The van der Waals surface area contributed by atoms with E-state index in [-0.39, 0.29) is 0 Å². The first kappa shape index (κ1) is 6.42. The van der Waals surface area contributed by atoms with Crippen molar-refractivity contribution in [3.05, 3.63) is 17.6 Å². The summed E-state index contributed by atoms with van der Waals surface area (Å²) in [5.74, 6) is 0.681. The number of carbonyl (C=O) groups is 1. The molecule has 1 rings (SSSR count). The lowest BCUT2D eigenvalue weighted by Crippen LogP contribution is -1.73. The number of furan rings is 1. The average molecular weight is 142 g/mol. The topological polar surface area (TPSA) is 30.2 Å². The van der Waals surface area contributed by atoms with E-state index in [1.807, 2.05) is 0 Å². The van der Waals surface area contributed by atoms with Crippen LogP contribution in [0.25, 0.3) is 0 Å². The van der Waals surface area contributed by atoms with E-state index in [0.717, 1.165) is 6.29 Å². The molecule has 0 atom stereocenters. The Hall–Kier alpha value is -0.700. The van der Waals surface area contributed by atoms with Crippen LogP contribution in [-0.2, 0) is 0 Å². The van der Waals surface area contributed by atoms with Crippen molar-refractivity contribution in [2.75, 3.05) is 0 Å². The largest absolute Gasteiger partial charge is 0.468 e. The number of aldehydes is 1. The molecule has 1 aromatic rings. The van der Waals surface area contributed by atoms with Gasteiger partial charge in [0.05, 0.1) is 10.5 Å². The first-order chi connectivity index (χ1) is 4.25. The zero-order valence-electron chi connectivity index (χ0n) is 4.92. The molecule has 1 heterocycles. The zero-order chi connectivity index (χ0) is 6.85. The van der Waals surface area contributed by atoms with Crippen LogP contribution < -0.4 is 0 Å². The van der Waals surface area contributed by atoms with E-state index in [1.165, 1.54) is 6.26 Å². The van der Waals surface area contributed by atoms with Gasteiger partial charge < -0.3 is 4.42 Å². The smallest absolute Gasteiger partial charge is 0.154 e. The predicted molar refractivity (Wildman–Crippen MR) is 36.1 cm³/mol. The summed E-state index contributed by atoms with van der Waals surface area (Å²) in [4.78, 5) is 10.8. The molecular weight excluding hydrogens is 136 g/mol. The van der Waals surface area contributed by atoms with Gasteiger partial charge in [-0.1, -0.05) is 0 Å². The van der Waals surface area contributed by atoms with Gasteiger partial charge in [0.15, 0.2) is 6.29 Å². The van der Waals surface area contributed by atoms with Gasteiger partial charge in [-0.2, -0.15) is 0 Å². The van der Waals surface area contributed by atoms with Crippen LogP contribution >= 0.6 is 12.6 Å². The highest BCUT2D eigenvalue weighted by Crippen LogP contribution is 2.17. The number of rotatable bonds is 1. The third-order valence-electron chi connectivity index (χ3n) is 1.10. The molecule has 0 amide bonds. The van der Waals surface area contributed by atoms with E-state index in [9.17, 15) is 4.79 Å². The highest BCUT2D eigenvalue weighted by atomic mass is 32.1. The van der Waals surface area contributed by atoms with Gasteiger partial charge in [-0.25, -0.2) is 0 Å². The van der Waals surface area contributed by atoms with Crippen molar-refractivity contribution in [3.63, 3.8) is 0 Å². The summed E-state index contributed by atoms with van der Waals surface area (Å²) in [7, 11) is 0. The molecule has 0 unspecified atom stereocenters. The fourth-order valence-electron chi connectivity index (χ4n) is 0.550. The third-order valence-corrected chi connectivity index (χ3v) is 1.67. The molecule has 0 aromatic carbocycles. The maximum absolute atomic E-state index is 10.1. The van der Waals surface area contributed by atoms with E-state index in [4.69, 9.17) is 4.42 Å². The summed E-state index contributed by atoms with van der Waals surface area (Å²) in [6, 6.07) is 0. The van der Waals surface area contributed by atoms with Crippen LogP contribution in [0.2, 0.25) is 0 Å². The van der Waals surface area contributed by atoms with Gasteiger partial charge in [0, 0.05) is 0 Å². The lowest BCUT2D eigenvalue weighted by atomic mass is 10.3. The molecule has 48 valence electrons. The Kier molecular flexibility index (Phi) is 1.62. The molecule has 0 aliphatic heterocycles. The molecule has 0 bridgehead atoms. The standard InChI is InChI=1S/C6H6O2S/c1-4-6(9)5(2-7)3-8-4/h2-3,9H,1H3. The fraction of sp³-hybridized carbons (Fsp3) is 0.167. The number of aryl methyl sites for hydroxylation is 1. The Balaban J connectivity index is 3.18. The normalized spacial score (nSPS) is 9.56. The molecule has 3 heteroatoms. The van der Waals surface area contributed by atoms with Crippen molar-refractivity contribution in [1.82, 2.24) is 0 Å². The van der Waals surface area contributed by atoms with Crippen LogP contribution in [-0.4, -0.2) is 6.29 Å². The Morgan fingerprint density at radius 2 is 2.44 bits per heavy atom. The number of thiol groups is 1. The number of carbonyl (C=O) groups excluding carboxylic acids is 1. The Morgan fingerprint density at radius 3 is 2.67 bits per heavy atom. The molecule has 0 fully saturated rings. The van der Waals surface area contributed by atoms with Gasteiger partial charge in [0.2, 0.25) is 0 Å². The van der Waals surface area contributed by atoms with Gasteiger partial charge in [-0.05, 0) is 6.92 Å². The van der Waals surface area contributed by atoms with Crippen molar-refractivity contribution in [2.24, 2.45) is 0 Å². The van der Waals surface area contributed by atoms with E-state index in [0.29, 0.717) is 16.2 Å². The lowest BCUT2D eigenvalue weighted by Gasteiger charge is -1.82. The van der Waals surface area contributed by atoms with Gasteiger partial charge in [0.1, 0.15) is 12.0 Å². The minimum Gasteiger partial charge on any atom is -0.468 e. The van der Waals surface area contributed by atoms with Crippen LogP contribution in [0.1, 0.15) is 16.1 Å². The van der Waals surface area contributed by atoms with E-state index < -0.39 is 0 Å². The summed E-state index contributed by atoms with van der Waals surface area (Å²) in [5.41, 5.74) is 0.510. The second kappa shape index (κ2) is 2.27. The lowest BCUT2D eigenvalue weighted by molar-refractivity contribution is 0.112. The van der Waals surface area contributed by atoms with Gasteiger partial charge in [0.25, 0.3) is 0 Å². The molecule has 0 aliphatic rings. The van der Waals surface area contributed by atoms with Crippen molar-refractivity contribution in [2.45, 2.75) is 11.8 Å². The van der Waals surface area contributed by atoms with Crippen LogP contribution in [0.5, 0.6) is 0 Å². The van der Waals surface area contributed by atoms with Crippen LogP contribution in [0.3, 0.4) is 0 Å². The summed E-state index contributed by atoms with van der Waals surface area (Å²) >= 11 is 4.02. The first-order valence-corrected chi connectivity index (χ1v) is 2.92. The molecule has 9 heavy (non-hydrogen) atoms. The van der Waals surface area contributed by atoms with Crippen molar-refractivity contribution in [1.29, 1.82) is 0 Å². The molecule has 0 aliphatic carbocycles. The molecule has 2 nitrogen and oxygen atoms in total. The molecule has 1 aromatic heterocycles. The average Bonchev–Trinajstić information content (AvgIpc) is 2.15. The fourth-order valence-corrected chi connectivity index (χ4v) is 0.708. The van der Waals surface area contributed by atoms with E-state index in [2.05, 4.69) is 12.6 Å². The van der Waals surface area contributed by atoms with Crippen molar-refractivity contribution < 1.29 is 9.21 Å². The summed E-state index contributed by atoms with van der Waals surface area (Å²) in [5, 5.41) is 0. The first-order valence-electron chi connectivity index (χ1n) is 2.48.